The molecule has 0 atom stereocenters. The van der Waals surface area contributed by atoms with Gasteiger partial charge in [0.25, 0.3) is 5.91 Å². The topological polar surface area (TPSA) is 55.4 Å². The first kappa shape index (κ1) is 9.44. The molecule has 0 unspecified atom stereocenters. The van der Waals surface area contributed by atoms with Crippen LogP contribution in [0.2, 0.25) is 0 Å². The van der Waals surface area contributed by atoms with Gasteiger partial charge in [0, 0.05) is 12.4 Å². The first-order valence-corrected chi connectivity index (χ1v) is 3.13. The number of nitrogens with two attached hydrogens (primary N) is 1. The predicted octanol–water partition coefficient (Wildman–Crippen LogP) is 0.470. The Balaban J connectivity index is 4.55. The maximum atomic E-state index is 10.6. The maximum absolute atomic E-state index is 10.6. The number of carbonyl (C=O) groups excluding carboxylic acids is 1. The monoisotopic (exact) mass is 150 g/mol. The zero-order chi connectivity index (χ0) is 8.69. The van der Waals surface area contributed by atoms with Crippen molar-refractivity contribution in [2.24, 2.45) is 10.7 Å². The summed E-state index contributed by atoms with van der Waals surface area (Å²) in [4.78, 5) is 14.3. The van der Waals surface area contributed by atoms with E-state index in [1.54, 1.807) is 20.1 Å². The Morgan fingerprint density at radius 1 is 1.64 bits per heavy atom. The average molecular weight is 150 g/mol. The van der Waals surface area contributed by atoms with Gasteiger partial charge in [-0.05, 0) is 13.8 Å². The standard InChI is InChI=1S/C8H10N2O/c1-3-5-7(8(9)11)6-10-4-2/h4,6H,1-2H3,(H2,9,11). The fraction of sp³-hybridized carbons (Fsp3) is 0.250. The third-order valence-corrected chi connectivity index (χ3v) is 0.878. The van der Waals surface area contributed by atoms with E-state index < -0.39 is 5.91 Å². The second-order valence-electron chi connectivity index (χ2n) is 1.69. The van der Waals surface area contributed by atoms with Gasteiger partial charge >= 0.3 is 0 Å². The van der Waals surface area contributed by atoms with Crippen LogP contribution in [0.5, 0.6) is 0 Å². The van der Waals surface area contributed by atoms with E-state index in [1.807, 2.05) is 0 Å². The van der Waals surface area contributed by atoms with Crippen LogP contribution in [0.25, 0.3) is 0 Å². The van der Waals surface area contributed by atoms with Crippen LogP contribution >= 0.6 is 0 Å². The molecule has 0 radical (unpaired) electrons. The highest BCUT2D eigenvalue weighted by molar-refractivity contribution is 5.96. The van der Waals surface area contributed by atoms with Crippen molar-refractivity contribution in [1.29, 1.82) is 0 Å². The highest BCUT2D eigenvalue weighted by atomic mass is 16.1. The lowest BCUT2D eigenvalue weighted by atomic mass is 10.3. The van der Waals surface area contributed by atoms with E-state index in [-0.39, 0.29) is 5.57 Å². The summed E-state index contributed by atoms with van der Waals surface area (Å²) in [5.41, 5.74) is 5.21. The summed E-state index contributed by atoms with van der Waals surface area (Å²) in [5.74, 6) is 4.55. The van der Waals surface area contributed by atoms with Gasteiger partial charge in [-0.15, -0.1) is 5.92 Å². The van der Waals surface area contributed by atoms with E-state index >= 15 is 0 Å². The molecule has 0 heterocycles. The van der Waals surface area contributed by atoms with Crippen LogP contribution in [0.1, 0.15) is 13.8 Å². The molecule has 0 aromatic rings. The fourth-order valence-corrected chi connectivity index (χ4v) is 0.441. The van der Waals surface area contributed by atoms with Gasteiger partial charge in [-0.2, -0.15) is 0 Å². The molecule has 0 spiro atoms. The third kappa shape index (κ3) is 3.93. The molecule has 0 aromatic carbocycles. The molecule has 0 aliphatic heterocycles. The summed E-state index contributed by atoms with van der Waals surface area (Å²) in [6, 6.07) is 0. The van der Waals surface area contributed by atoms with Crippen LogP contribution in [0.3, 0.4) is 0 Å². The molecule has 3 nitrogen and oxygen atoms in total. The zero-order valence-corrected chi connectivity index (χ0v) is 6.59. The minimum absolute atomic E-state index is 0.227. The SMILES string of the molecule is CC#CC(=CN=CC)C(N)=O. The molecule has 0 fully saturated rings. The molecular weight excluding hydrogens is 140 g/mol. The molecule has 0 bridgehead atoms. The molecule has 2 N–H and O–H groups in total. The summed E-state index contributed by atoms with van der Waals surface area (Å²) < 4.78 is 0. The first-order chi connectivity index (χ1) is 5.22. The Hall–Kier alpha value is -1.56. The van der Waals surface area contributed by atoms with Crippen LogP contribution in [0, 0.1) is 11.8 Å². The van der Waals surface area contributed by atoms with Crippen LogP contribution in [-0.4, -0.2) is 12.1 Å². The van der Waals surface area contributed by atoms with Gasteiger partial charge < -0.3 is 5.73 Å². The van der Waals surface area contributed by atoms with E-state index in [1.165, 1.54) is 6.20 Å². The first-order valence-electron chi connectivity index (χ1n) is 3.13. The molecular formula is C8H10N2O. The predicted molar refractivity (Wildman–Crippen MR) is 44.9 cm³/mol. The largest absolute Gasteiger partial charge is 0.365 e. The lowest BCUT2D eigenvalue weighted by molar-refractivity contribution is -0.114. The number of nitrogens with zero attached hydrogens (tertiary/aromatic N) is 1. The van der Waals surface area contributed by atoms with E-state index in [0.29, 0.717) is 0 Å². The quantitative estimate of drug-likeness (QED) is 0.347. The van der Waals surface area contributed by atoms with Gasteiger partial charge in [-0.3, -0.25) is 9.79 Å². The molecule has 0 aliphatic carbocycles. The van der Waals surface area contributed by atoms with E-state index in [2.05, 4.69) is 16.8 Å². The molecule has 0 rings (SSSR count). The second kappa shape index (κ2) is 5.24. The Morgan fingerprint density at radius 3 is 2.64 bits per heavy atom. The highest BCUT2D eigenvalue weighted by Crippen LogP contribution is 1.90. The molecule has 3 heteroatoms. The minimum atomic E-state index is -0.551. The third-order valence-electron chi connectivity index (χ3n) is 0.878. The van der Waals surface area contributed by atoms with Gasteiger partial charge in [0.2, 0.25) is 0 Å². The molecule has 1 amide bonds. The van der Waals surface area contributed by atoms with Crippen molar-refractivity contribution in [3.8, 4) is 11.8 Å². The molecule has 11 heavy (non-hydrogen) atoms. The second-order valence-corrected chi connectivity index (χ2v) is 1.69. The summed E-state index contributed by atoms with van der Waals surface area (Å²) >= 11 is 0. The number of hydrogen-bond donors (Lipinski definition) is 1. The lowest BCUT2D eigenvalue weighted by Gasteiger charge is -1.87. The normalized spacial score (nSPS) is 10.9. The van der Waals surface area contributed by atoms with Gasteiger partial charge in [0.1, 0.15) is 5.57 Å². The van der Waals surface area contributed by atoms with E-state index in [4.69, 9.17) is 5.73 Å². The molecule has 0 aliphatic rings. The number of aliphatic imine (C=N–C) groups is 1. The summed E-state index contributed by atoms with van der Waals surface area (Å²) in [7, 11) is 0. The molecule has 0 saturated carbocycles. The van der Waals surface area contributed by atoms with Gasteiger partial charge in [0.15, 0.2) is 0 Å². The number of hydrogen-bond acceptors (Lipinski definition) is 2. The fourth-order valence-electron chi connectivity index (χ4n) is 0.441. The summed E-state index contributed by atoms with van der Waals surface area (Å²) in [5, 5.41) is 0. The van der Waals surface area contributed by atoms with Crippen molar-refractivity contribution >= 4 is 12.1 Å². The molecule has 0 aromatic heterocycles. The number of primary amides is 1. The maximum Gasteiger partial charge on any atom is 0.258 e. The zero-order valence-electron chi connectivity index (χ0n) is 6.59. The van der Waals surface area contributed by atoms with E-state index in [0.717, 1.165) is 0 Å². The summed E-state index contributed by atoms with van der Waals surface area (Å²) in [6.07, 6.45) is 2.90. The van der Waals surface area contributed by atoms with Gasteiger partial charge in [0.05, 0.1) is 0 Å². The molecule has 0 saturated heterocycles. The van der Waals surface area contributed by atoms with Crippen LogP contribution in [0.4, 0.5) is 0 Å². The van der Waals surface area contributed by atoms with Crippen molar-refractivity contribution in [2.45, 2.75) is 13.8 Å². The Kier molecular flexibility index (Phi) is 4.50. The van der Waals surface area contributed by atoms with Gasteiger partial charge in [-0.1, -0.05) is 5.92 Å². The van der Waals surface area contributed by atoms with E-state index in [9.17, 15) is 4.79 Å². The van der Waals surface area contributed by atoms with Crippen molar-refractivity contribution < 1.29 is 4.79 Å². The van der Waals surface area contributed by atoms with Crippen LogP contribution < -0.4 is 5.73 Å². The van der Waals surface area contributed by atoms with Crippen molar-refractivity contribution in [3.63, 3.8) is 0 Å². The van der Waals surface area contributed by atoms with Crippen molar-refractivity contribution in [2.75, 3.05) is 0 Å². The molecule has 58 valence electrons. The number of rotatable bonds is 2. The van der Waals surface area contributed by atoms with Gasteiger partial charge in [-0.25, -0.2) is 0 Å². The van der Waals surface area contributed by atoms with Crippen molar-refractivity contribution in [1.82, 2.24) is 0 Å². The van der Waals surface area contributed by atoms with Crippen molar-refractivity contribution in [3.05, 3.63) is 11.8 Å². The highest BCUT2D eigenvalue weighted by Gasteiger charge is 1.97. The Labute approximate surface area is 66.0 Å². The Morgan fingerprint density at radius 2 is 2.27 bits per heavy atom. The van der Waals surface area contributed by atoms with Crippen LogP contribution in [0.15, 0.2) is 16.8 Å². The number of amides is 1. The van der Waals surface area contributed by atoms with Crippen LogP contribution in [-0.2, 0) is 4.79 Å². The Bertz CT molecular complexity index is 253. The minimum Gasteiger partial charge on any atom is -0.365 e. The average Bonchev–Trinajstić information content (AvgIpc) is 1.97. The lowest BCUT2D eigenvalue weighted by Crippen LogP contribution is -2.12. The summed E-state index contributed by atoms with van der Waals surface area (Å²) in [6.45, 7) is 3.38. The number of carbonyl (C=O) groups is 1. The smallest absolute Gasteiger partial charge is 0.258 e.